The molecule has 5 nitrogen and oxygen atoms in total. The standard InChI is InChI=1S/C14H15N3O2/c15-8-4-10-17(11-5-9-16)14(18)19-12-13-6-2-1-3-7-13/h1-3,6-7H,4-5,10-12H2. The summed E-state index contributed by atoms with van der Waals surface area (Å²) in [5.41, 5.74) is 0.899. The van der Waals surface area contributed by atoms with Crippen LogP contribution in [0.25, 0.3) is 0 Å². The number of nitrogens with zero attached hydrogens (tertiary/aromatic N) is 3. The van der Waals surface area contributed by atoms with Gasteiger partial charge < -0.3 is 9.64 Å². The van der Waals surface area contributed by atoms with Crippen LogP contribution in [0.15, 0.2) is 30.3 Å². The third-order valence-corrected chi connectivity index (χ3v) is 2.45. The van der Waals surface area contributed by atoms with E-state index in [0.29, 0.717) is 0 Å². The maximum atomic E-state index is 11.8. The van der Waals surface area contributed by atoms with Crippen molar-refractivity contribution in [2.75, 3.05) is 13.1 Å². The van der Waals surface area contributed by atoms with Gasteiger partial charge in [0.05, 0.1) is 25.0 Å². The summed E-state index contributed by atoms with van der Waals surface area (Å²) < 4.78 is 5.15. The lowest BCUT2D eigenvalue weighted by atomic mass is 10.2. The predicted octanol–water partition coefficient (Wildman–Crippen LogP) is 2.45. The molecule has 1 amide bonds. The molecule has 0 aliphatic carbocycles. The zero-order valence-corrected chi connectivity index (χ0v) is 10.6. The molecule has 0 heterocycles. The van der Waals surface area contributed by atoms with Crippen molar-refractivity contribution in [2.45, 2.75) is 19.4 Å². The summed E-state index contributed by atoms with van der Waals surface area (Å²) >= 11 is 0. The number of carbonyl (C=O) groups is 1. The first-order valence-corrected chi connectivity index (χ1v) is 5.97. The van der Waals surface area contributed by atoms with Gasteiger partial charge in [0.25, 0.3) is 0 Å². The van der Waals surface area contributed by atoms with Gasteiger partial charge in [-0.25, -0.2) is 4.79 Å². The molecule has 0 fully saturated rings. The summed E-state index contributed by atoms with van der Waals surface area (Å²) in [5.74, 6) is 0. The number of hydrogen-bond donors (Lipinski definition) is 0. The van der Waals surface area contributed by atoms with E-state index in [0.717, 1.165) is 5.56 Å². The van der Waals surface area contributed by atoms with Crippen molar-refractivity contribution in [2.24, 2.45) is 0 Å². The second kappa shape index (κ2) is 8.54. The molecule has 0 atom stereocenters. The van der Waals surface area contributed by atoms with Crippen LogP contribution in [0.5, 0.6) is 0 Å². The van der Waals surface area contributed by atoms with Crippen LogP contribution in [-0.2, 0) is 11.3 Å². The van der Waals surface area contributed by atoms with E-state index in [1.807, 2.05) is 42.5 Å². The minimum Gasteiger partial charge on any atom is -0.445 e. The Morgan fingerprint density at radius 3 is 2.21 bits per heavy atom. The van der Waals surface area contributed by atoms with Crippen LogP contribution in [0.1, 0.15) is 18.4 Å². The lowest BCUT2D eigenvalue weighted by Gasteiger charge is -2.19. The predicted molar refractivity (Wildman–Crippen MR) is 68.7 cm³/mol. The van der Waals surface area contributed by atoms with Gasteiger partial charge in [-0.05, 0) is 5.56 Å². The molecular formula is C14H15N3O2. The van der Waals surface area contributed by atoms with Crippen molar-refractivity contribution in [3.8, 4) is 12.1 Å². The molecular weight excluding hydrogens is 242 g/mol. The van der Waals surface area contributed by atoms with E-state index in [9.17, 15) is 4.79 Å². The zero-order chi connectivity index (χ0) is 13.9. The number of hydrogen-bond acceptors (Lipinski definition) is 4. The largest absolute Gasteiger partial charge is 0.445 e. The first kappa shape index (κ1) is 14.5. The van der Waals surface area contributed by atoms with Gasteiger partial charge >= 0.3 is 6.09 Å². The molecule has 1 rings (SSSR count). The number of amides is 1. The molecule has 0 aromatic heterocycles. The molecule has 0 aliphatic rings. The lowest BCUT2D eigenvalue weighted by molar-refractivity contribution is 0.0976. The van der Waals surface area contributed by atoms with E-state index in [1.54, 1.807) is 0 Å². The number of benzene rings is 1. The topological polar surface area (TPSA) is 77.1 Å². The third kappa shape index (κ3) is 5.56. The molecule has 0 spiro atoms. The first-order valence-electron chi connectivity index (χ1n) is 5.97. The molecule has 0 bridgehead atoms. The van der Waals surface area contributed by atoms with Gasteiger partial charge in [-0.2, -0.15) is 10.5 Å². The zero-order valence-electron chi connectivity index (χ0n) is 10.6. The van der Waals surface area contributed by atoms with Crippen LogP contribution in [0, 0.1) is 22.7 Å². The summed E-state index contributed by atoms with van der Waals surface area (Å²) in [6.45, 7) is 0.757. The normalized spacial score (nSPS) is 9.16. The van der Waals surface area contributed by atoms with Crippen molar-refractivity contribution in [1.82, 2.24) is 4.90 Å². The molecule has 0 unspecified atom stereocenters. The Morgan fingerprint density at radius 2 is 1.68 bits per heavy atom. The van der Waals surface area contributed by atoms with E-state index in [-0.39, 0.29) is 32.5 Å². The molecule has 5 heteroatoms. The Labute approximate surface area is 112 Å². The minimum absolute atomic E-state index is 0.190. The fraction of sp³-hybridized carbons (Fsp3) is 0.357. The molecule has 19 heavy (non-hydrogen) atoms. The summed E-state index contributed by atoms with van der Waals surface area (Å²) in [6.07, 6.45) is -0.0353. The molecule has 0 aliphatic heterocycles. The van der Waals surface area contributed by atoms with E-state index < -0.39 is 6.09 Å². The third-order valence-electron chi connectivity index (χ3n) is 2.45. The van der Waals surface area contributed by atoms with Crippen LogP contribution in [-0.4, -0.2) is 24.1 Å². The number of nitriles is 2. The molecule has 98 valence electrons. The number of rotatable bonds is 6. The van der Waals surface area contributed by atoms with Gasteiger partial charge in [0, 0.05) is 13.1 Å². The van der Waals surface area contributed by atoms with Crippen LogP contribution in [0.2, 0.25) is 0 Å². The Hall–Kier alpha value is -2.53. The van der Waals surface area contributed by atoms with Gasteiger partial charge in [0.1, 0.15) is 6.61 Å². The minimum atomic E-state index is -0.491. The Bertz CT molecular complexity index is 456. The van der Waals surface area contributed by atoms with E-state index in [4.69, 9.17) is 15.3 Å². The highest BCUT2D eigenvalue weighted by Crippen LogP contribution is 2.04. The van der Waals surface area contributed by atoms with Crippen molar-refractivity contribution >= 4 is 6.09 Å². The molecule has 1 aromatic rings. The Morgan fingerprint density at radius 1 is 1.11 bits per heavy atom. The van der Waals surface area contributed by atoms with Crippen LogP contribution >= 0.6 is 0 Å². The fourth-order valence-electron chi connectivity index (χ4n) is 1.47. The van der Waals surface area contributed by atoms with Crippen molar-refractivity contribution < 1.29 is 9.53 Å². The van der Waals surface area contributed by atoms with E-state index in [2.05, 4.69) is 0 Å². The molecule has 0 N–H and O–H groups in total. The van der Waals surface area contributed by atoms with Crippen LogP contribution in [0.3, 0.4) is 0 Å². The molecule has 0 saturated carbocycles. The average molecular weight is 257 g/mol. The highest BCUT2D eigenvalue weighted by atomic mass is 16.6. The lowest BCUT2D eigenvalue weighted by Crippen LogP contribution is -2.33. The van der Waals surface area contributed by atoms with Gasteiger partial charge in [0.15, 0.2) is 0 Å². The van der Waals surface area contributed by atoms with Gasteiger partial charge in [-0.3, -0.25) is 0 Å². The highest BCUT2D eigenvalue weighted by Gasteiger charge is 2.14. The van der Waals surface area contributed by atoms with Gasteiger partial charge in [0.2, 0.25) is 0 Å². The molecule has 1 aromatic carbocycles. The SMILES string of the molecule is N#CCCN(CCC#N)C(=O)OCc1ccccc1. The average Bonchev–Trinajstić information content (AvgIpc) is 2.46. The highest BCUT2D eigenvalue weighted by molar-refractivity contribution is 5.67. The first-order chi connectivity index (χ1) is 9.27. The fourth-order valence-corrected chi connectivity index (χ4v) is 1.47. The smallest absolute Gasteiger partial charge is 0.410 e. The Balaban J connectivity index is 2.47. The van der Waals surface area contributed by atoms with Crippen molar-refractivity contribution in [3.63, 3.8) is 0 Å². The van der Waals surface area contributed by atoms with Gasteiger partial charge in [-0.15, -0.1) is 0 Å². The second-order valence-electron chi connectivity index (χ2n) is 3.84. The van der Waals surface area contributed by atoms with Crippen molar-refractivity contribution in [1.29, 1.82) is 10.5 Å². The molecule has 0 saturated heterocycles. The number of carbonyl (C=O) groups excluding carboxylic acids is 1. The van der Waals surface area contributed by atoms with Crippen molar-refractivity contribution in [3.05, 3.63) is 35.9 Å². The second-order valence-corrected chi connectivity index (χ2v) is 3.84. The quantitative estimate of drug-likeness (QED) is 0.784. The Kier molecular flexibility index (Phi) is 6.53. The number of ether oxygens (including phenoxy) is 1. The van der Waals surface area contributed by atoms with Crippen LogP contribution in [0.4, 0.5) is 4.79 Å². The summed E-state index contributed by atoms with van der Waals surface area (Å²) in [5, 5.41) is 17.1. The van der Waals surface area contributed by atoms with E-state index in [1.165, 1.54) is 4.90 Å². The van der Waals surface area contributed by atoms with E-state index >= 15 is 0 Å². The summed E-state index contributed by atoms with van der Waals surface area (Å²) in [6, 6.07) is 13.3. The van der Waals surface area contributed by atoms with Gasteiger partial charge in [-0.1, -0.05) is 30.3 Å². The van der Waals surface area contributed by atoms with Crippen LogP contribution < -0.4 is 0 Å². The monoisotopic (exact) mass is 257 g/mol. The maximum Gasteiger partial charge on any atom is 0.410 e. The molecule has 0 radical (unpaired) electrons. The summed E-state index contributed by atoms with van der Waals surface area (Å²) in [7, 11) is 0. The maximum absolute atomic E-state index is 11.8. The summed E-state index contributed by atoms with van der Waals surface area (Å²) in [4.78, 5) is 13.2.